The van der Waals surface area contributed by atoms with Gasteiger partial charge in [0.05, 0.1) is 13.2 Å². The molecule has 6 nitrogen and oxygen atoms in total. The molecular formula is C11H19N3O3. The molecular weight excluding hydrogens is 222 g/mol. The molecule has 1 saturated carbocycles. The number of ether oxygens (including phenoxy) is 1. The minimum atomic E-state index is -0.666. The highest BCUT2D eigenvalue weighted by Gasteiger charge is 2.37. The first kappa shape index (κ1) is 12.3. The van der Waals surface area contributed by atoms with Gasteiger partial charge in [0, 0.05) is 26.2 Å². The molecule has 2 rings (SSSR count). The van der Waals surface area contributed by atoms with Gasteiger partial charge in [0.15, 0.2) is 0 Å². The van der Waals surface area contributed by atoms with E-state index < -0.39 is 6.04 Å². The standard InChI is InChI=1S/C11H19N3O3/c1-17-7-9(12)11(16)13-4-5-14(8-2-3-8)10(15)6-13/h8-9H,2-7,12H2,1H3. The van der Waals surface area contributed by atoms with Gasteiger partial charge >= 0.3 is 0 Å². The van der Waals surface area contributed by atoms with Gasteiger partial charge in [-0.05, 0) is 12.8 Å². The summed E-state index contributed by atoms with van der Waals surface area (Å²) in [5, 5.41) is 0. The van der Waals surface area contributed by atoms with Crippen molar-refractivity contribution in [3.05, 3.63) is 0 Å². The molecule has 17 heavy (non-hydrogen) atoms. The third-order valence-electron chi connectivity index (χ3n) is 3.22. The predicted molar refractivity (Wildman–Crippen MR) is 61.2 cm³/mol. The number of rotatable bonds is 4. The van der Waals surface area contributed by atoms with Gasteiger partial charge in [-0.2, -0.15) is 0 Å². The Balaban J connectivity index is 1.87. The van der Waals surface area contributed by atoms with Crippen LogP contribution in [0.2, 0.25) is 0 Å². The fourth-order valence-corrected chi connectivity index (χ4v) is 2.13. The number of methoxy groups -OCH3 is 1. The summed E-state index contributed by atoms with van der Waals surface area (Å²) in [5.74, 6) is -0.160. The third-order valence-corrected chi connectivity index (χ3v) is 3.22. The number of carbonyl (C=O) groups excluding carboxylic acids is 2. The normalized spacial score (nSPS) is 22.8. The summed E-state index contributed by atoms with van der Waals surface area (Å²) in [4.78, 5) is 27.1. The second kappa shape index (κ2) is 5.01. The van der Waals surface area contributed by atoms with Crippen molar-refractivity contribution in [2.75, 3.05) is 33.4 Å². The minimum absolute atomic E-state index is 0.0386. The Labute approximate surface area is 101 Å². The second-order valence-electron chi connectivity index (χ2n) is 4.64. The van der Waals surface area contributed by atoms with E-state index in [0.29, 0.717) is 19.1 Å². The predicted octanol–water partition coefficient (Wildman–Crippen LogP) is -1.21. The summed E-state index contributed by atoms with van der Waals surface area (Å²) in [6.07, 6.45) is 2.20. The maximum atomic E-state index is 11.9. The highest BCUT2D eigenvalue weighted by molar-refractivity contribution is 5.88. The highest BCUT2D eigenvalue weighted by atomic mass is 16.5. The van der Waals surface area contributed by atoms with E-state index in [2.05, 4.69) is 0 Å². The molecule has 0 spiro atoms. The molecule has 1 heterocycles. The summed E-state index contributed by atoms with van der Waals surface area (Å²) in [5.41, 5.74) is 5.67. The quantitative estimate of drug-likeness (QED) is 0.670. The van der Waals surface area contributed by atoms with Gasteiger partial charge in [0.1, 0.15) is 6.04 Å². The van der Waals surface area contributed by atoms with Crippen LogP contribution < -0.4 is 5.73 Å². The van der Waals surface area contributed by atoms with Gasteiger partial charge < -0.3 is 20.3 Å². The van der Waals surface area contributed by atoms with Crippen molar-refractivity contribution in [3.63, 3.8) is 0 Å². The van der Waals surface area contributed by atoms with Crippen molar-refractivity contribution in [1.29, 1.82) is 0 Å². The number of hydrogen-bond donors (Lipinski definition) is 1. The summed E-state index contributed by atoms with van der Waals surface area (Å²) in [6, 6.07) is -0.243. The molecule has 1 atom stereocenters. The zero-order valence-electron chi connectivity index (χ0n) is 10.1. The smallest absolute Gasteiger partial charge is 0.242 e. The molecule has 0 radical (unpaired) electrons. The fraction of sp³-hybridized carbons (Fsp3) is 0.818. The number of nitrogens with zero attached hydrogens (tertiary/aromatic N) is 2. The first-order chi connectivity index (χ1) is 8.13. The molecule has 1 aliphatic carbocycles. The minimum Gasteiger partial charge on any atom is -0.383 e. The number of amides is 2. The van der Waals surface area contributed by atoms with Crippen molar-refractivity contribution >= 4 is 11.8 Å². The van der Waals surface area contributed by atoms with E-state index in [1.807, 2.05) is 4.90 Å². The third kappa shape index (κ3) is 2.76. The van der Waals surface area contributed by atoms with Crippen molar-refractivity contribution < 1.29 is 14.3 Å². The lowest BCUT2D eigenvalue weighted by molar-refractivity contribution is -0.147. The molecule has 0 aromatic heterocycles. The molecule has 2 amide bonds. The van der Waals surface area contributed by atoms with E-state index in [1.54, 1.807) is 0 Å². The van der Waals surface area contributed by atoms with Crippen molar-refractivity contribution in [1.82, 2.24) is 9.80 Å². The zero-order chi connectivity index (χ0) is 12.4. The van der Waals surface area contributed by atoms with Crippen LogP contribution in [-0.2, 0) is 14.3 Å². The van der Waals surface area contributed by atoms with Crippen LogP contribution in [0.5, 0.6) is 0 Å². The molecule has 6 heteroatoms. The Morgan fingerprint density at radius 2 is 2.24 bits per heavy atom. The summed E-state index contributed by atoms with van der Waals surface area (Å²) in [7, 11) is 1.50. The molecule has 1 unspecified atom stereocenters. The first-order valence-electron chi connectivity index (χ1n) is 5.96. The van der Waals surface area contributed by atoms with Crippen molar-refractivity contribution in [2.24, 2.45) is 5.73 Å². The molecule has 0 aromatic rings. The van der Waals surface area contributed by atoms with Crippen LogP contribution in [0.15, 0.2) is 0 Å². The summed E-state index contributed by atoms with van der Waals surface area (Å²) < 4.78 is 4.84. The number of nitrogens with two attached hydrogens (primary N) is 1. The van der Waals surface area contributed by atoms with E-state index in [-0.39, 0.29) is 25.0 Å². The molecule has 0 bridgehead atoms. The number of piperazine rings is 1. The lowest BCUT2D eigenvalue weighted by atomic mass is 10.2. The molecule has 2 fully saturated rings. The monoisotopic (exact) mass is 241 g/mol. The van der Waals surface area contributed by atoms with Gasteiger partial charge in [0.2, 0.25) is 11.8 Å². The number of carbonyl (C=O) groups is 2. The van der Waals surface area contributed by atoms with Crippen molar-refractivity contribution in [3.8, 4) is 0 Å². The van der Waals surface area contributed by atoms with E-state index in [9.17, 15) is 9.59 Å². The van der Waals surface area contributed by atoms with Gasteiger partial charge in [0.25, 0.3) is 0 Å². The molecule has 0 aromatic carbocycles. The van der Waals surface area contributed by atoms with E-state index in [1.165, 1.54) is 12.0 Å². The summed E-state index contributed by atoms with van der Waals surface area (Å²) >= 11 is 0. The average molecular weight is 241 g/mol. The van der Waals surface area contributed by atoms with Crippen LogP contribution in [0.1, 0.15) is 12.8 Å². The maximum absolute atomic E-state index is 11.9. The van der Waals surface area contributed by atoms with Crippen LogP contribution in [-0.4, -0.2) is 67.0 Å². The van der Waals surface area contributed by atoms with E-state index in [0.717, 1.165) is 12.8 Å². The molecule has 1 saturated heterocycles. The highest BCUT2D eigenvalue weighted by Crippen LogP contribution is 2.28. The molecule has 1 aliphatic heterocycles. The van der Waals surface area contributed by atoms with Crippen molar-refractivity contribution in [2.45, 2.75) is 24.9 Å². The van der Waals surface area contributed by atoms with Gasteiger partial charge in [-0.25, -0.2) is 0 Å². The van der Waals surface area contributed by atoms with E-state index >= 15 is 0 Å². The lowest BCUT2D eigenvalue weighted by Gasteiger charge is -2.35. The molecule has 96 valence electrons. The summed E-state index contributed by atoms with van der Waals surface area (Å²) in [6.45, 7) is 1.57. The van der Waals surface area contributed by atoms with Gasteiger partial charge in [-0.1, -0.05) is 0 Å². The van der Waals surface area contributed by atoms with Crippen LogP contribution in [0.3, 0.4) is 0 Å². The Hall–Kier alpha value is -1.14. The lowest BCUT2D eigenvalue weighted by Crippen LogP contribution is -2.56. The fourth-order valence-electron chi connectivity index (χ4n) is 2.13. The van der Waals surface area contributed by atoms with E-state index in [4.69, 9.17) is 10.5 Å². The maximum Gasteiger partial charge on any atom is 0.242 e. The van der Waals surface area contributed by atoms with Crippen LogP contribution >= 0.6 is 0 Å². The Kier molecular flexibility index (Phi) is 3.63. The van der Waals surface area contributed by atoms with Crippen LogP contribution in [0, 0.1) is 0 Å². The second-order valence-corrected chi connectivity index (χ2v) is 4.64. The Morgan fingerprint density at radius 3 is 2.76 bits per heavy atom. The Bertz CT molecular complexity index is 317. The van der Waals surface area contributed by atoms with Gasteiger partial charge in [-0.3, -0.25) is 9.59 Å². The average Bonchev–Trinajstić information content (AvgIpc) is 3.12. The largest absolute Gasteiger partial charge is 0.383 e. The number of hydrogen-bond acceptors (Lipinski definition) is 4. The van der Waals surface area contributed by atoms with Crippen LogP contribution in [0.4, 0.5) is 0 Å². The zero-order valence-corrected chi connectivity index (χ0v) is 10.1. The topological polar surface area (TPSA) is 75.9 Å². The Morgan fingerprint density at radius 1 is 1.53 bits per heavy atom. The SMILES string of the molecule is COCC(N)C(=O)N1CCN(C2CC2)C(=O)C1. The van der Waals surface area contributed by atoms with Gasteiger partial charge in [-0.15, -0.1) is 0 Å². The molecule has 2 aliphatic rings. The van der Waals surface area contributed by atoms with Crippen LogP contribution in [0.25, 0.3) is 0 Å². The molecule has 2 N–H and O–H groups in total. The first-order valence-corrected chi connectivity index (χ1v) is 5.96.